The van der Waals surface area contributed by atoms with Gasteiger partial charge in [-0.15, -0.1) is 0 Å². The highest BCUT2D eigenvalue weighted by Crippen LogP contribution is 2.26. The van der Waals surface area contributed by atoms with E-state index in [2.05, 4.69) is 10.6 Å². The average molecular weight is 487 g/mol. The van der Waals surface area contributed by atoms with Crippen molar-refractivity contribution in [3.63, 3.8) is 0 Å². The summed E-state index contributed by atoms with van der Waals surface area (Å²) in [5.74, 6) is -1.59. The SMILES string of the molecule is NCc1ccc(CNC(=O)c2ccc3c(c2)NC(CC(=O)O)C(=O)N(CCc2ccccc2)C3)cc1. The van der Waals surface area contributed by atoms with Crippen LogP contribution in [0.15, 0.2) is 72.8 Å². The third kappa shape index (κ3) is 6.28. The van der Waals surface area contributed by atoms with Gasteiger partial charge in [-0.25, -0.2) is 0 Å². The van der Waals surface area contributed by atoms with Gasteiger partial charge in [0, 0.05) is 37.4 Å². The highest BCUT2D eigenvalue weighted by atomic mass is 16.4. The monoisotopic (exact) mass is 486 g/mol. The topological polar surface area (TPSA) is 125 Å². The molecule has 8 heteroatoms. The Morgan fingerprint density at radius 1 is 1.00 bits per heavy atom. The van der Waals surface area contributed by atoms with E-state index in [-0.39, 0.29) is 18.2 Å². The number of hydrogen-bond acceptors (Lipinski definition) is 5. The molecule has 0 saturated carbocycles. The van der Waals surface area contributed by atoms with Crippen LogP contribution in [0, 0.1) is 0 Å². The largest absolute Gasteiger partial charge is 0.481 e. The van der Waals surface area contributed by atoms with Gasteiger partial charge in [-0.3, -0.25) is 14.4 Å². The summed E-state index contributed by atoms with van der Waals surface area (Å²) in [6, 6.07) is 21.9. The summed E-state index contributed by atoms with van der Waals surface area (Å²) < 4.78 is 0. The number of rotatable bonds is 9. The summed E-state index contributed by atoms with van der Waals surface area (Å²) in [4.78, 5) is 39.2. The Morgan fingerprint density at radius 3 is 2.42 bits per heavy atom. The molecule has 0 spiro atoms. The number of fused-ring (bicyclic) bond motifs is 1. The number of aliphatic carboxylic acids is 1. The van der Waals surface area contributed by atoms with Gasteiger partial charge in [0.1, 0.15) is 6.04 Å². The first kappa shape index (κ1) is 24.9. The van der Waals surface area contributed by atoms with E-state index in [0.29, 0.717) is 43.9 Å². The lowest BCUT2D eigenvalue weighted by Crippen LogP contribution is -2.42. The molecule has 2 amide bonds. The van der Waals surface area contributed by atoms with E-state index in [1.54, 1.807) is 17.0 Å². The van der Waals surface area contributed by atoms with E-state index >= 15 is 0 Å². The van der Waals surface area contributed by atoms with E-state index in [0.717, 1.165) is 22.3 Å². The fourth-order valence-electron chi connectivity index (χ4n) is 4.23. The van der Waals surface area contributed by atoms with Crippen LogP contribution >= 0.6 is 0 Å². The second-order valence-corrected chi connectivity index (χ2v) is 8.87. The number of carbonyl (C=O) groups is 3. The van der Waals surface area contributed by atoms with Crippen molar-refractivity contribution < 1.29 is 19.5 Å². The summed E-state index contributed by atoms with van der Waals surface area (Å²) in [7, 11) is 0. The van der Waals surface area contributed by atoms with Crippen LogP contribution in [0.5, 0.6) is 0 Å². The lowest BCUT2D eigenvalue weighted by molar-refractivity contribution is -0.141. The molecular formula is C28H30N4O4. The smallest absolute Gasteiger partial charge is 0.305 e. The van der Waals surface area contributed by atoms with Crippen molar-refractivity contribution >= 4 is 23.5 Å². The first-order valence-corrected chi connectivity index (χ1v) is 11.9. The number of nitrogens with zero attached hydrogens (tertiary/aromatic N) is 1. The average Bonchev–Trinajstić information content (AvgIpc) is 3.02. The van der Waals surface area contributed by atoms with Crippen LogP contribution in [0.1, 0.15) is 39.0 Å². The molecule has 0 aliphatic carbocycles. The van der Waals surface area contributed by atoms with Crippen molar-refractivity contribution in [3.05, 3.63) is 101 Å². The number of hydrogen-bond donors (Lipinski definition) is 4. The van der Waals surface area contributed by atoms with Crippen LogP contribution in [0.4, 0.5) is 5.69 Å². The summed E-state index contributed by atoms with van der Waals surface area (Å²) in [6.45, 7) is 1.62. The number of amides is 2. The molecule has 0 fully saturated rings. The molecule has 186 valence electrons. The minimum Gasteiger partial charge on any atom is -0.481 e. The Hall–Kier alpha value is -4.17. The minimum atomic E-state index is -1.07. The van der Waals surface area contributed by atoms with Crippen molar-refractivity contribution in [2.45, 2.75) is 38.5 Å². The van der Waals surface area contributed by atoms with Crippen LogP contribution in [-0.4, -0.2) is 40.4 Å². The maximum atomic E-state index is 13.2. The molecular weight excluding hydrogens is 456 g/mol. The maximum absolute atomic E-state index is 13.2. The van der Waals surface area contributed by atoms with Crippen LogP contribution < -0.4 is 16.4 Å². The Bertz CT molecular complexity index is 1230. The number of anilines is 1. The summed E-state index contributed by atoms with van der Waals surface area (Å²) in [5.41, 5.74) is 10.6. The molecule has 0 radical (unpaired) electrons. The molecule has 4 rings (SSSR count). The molecule has 1 unspecified atom stereocenters. The molecule has 0 aromatic heterocycles. The van der Waals surface area contributed by atoms with Crippen molar-refractivity contribution in [1.82, 2.24) is 10.2 Å². The van der Waals surface area contributed by atoms with E-state index < -0.39 is 12.0 Å². The predicted octanol–water partition coefficient (Wildman–Crippen LogP) is 2.92. The van der Waals surface area contributed by atoms with Crippen molar-refractivity contribution in [2.24, 2.45) is 5.73 Å². The van der Waals surface area contributed by atoms with Crippen LogP contribution in [0.2, 0.25) is 0 Å². The molecule has 5 N–H and O–H groups in total. The van der Waals surface area contributed by atoms with Gasteiger partial charge in [-0.2, -0.15) is 0 Å². The molecule has 0 saturated heterocycles. The number of carbonyl (C=O) groups excluding carboxylic acids is 2. The van der Waals surface area contributed by atoms with Gasteiger partial charge in [0.2, 0.25) is 5.91 Å². The number of benzene rings is 3. The molecule has 36 heavy (non-hydrogen) atoms. The lowest BCUT2D eigenvalue weighted by Gasteiger charge is -2.24. The van der Waals surface area contributed by atoms with E-state index in [4.69, 9.17) is 5.73 Å². The zero-order chi connectivity index (χ0) is 25.5. The maximum Gasteiger partial charge on any atom is 0.305 e. The molecule has 1 heterocycles. The van der Waals surface area contributed by atoms with E-state index in [9.17, 15) is 19.5 Å². The van der Waals surface area contributed by atoms with E-state index in [1.807, 2.05) is 60.7 Å². The van der Waals surface area contributed by atoms with Gasteiger partial charge >= 0.3 is 5.97 Å². The fraction of sp³-hybridized carbons (Fsp3) is 0.250. The Balaban J connectivity index is 1.49. The third-order valence-electron chi connectivity index (χ3n) is 6.28. The Kier molecular flexibility index (Phi) is 7.97. The number of carboxylic acids is 1. The highest BCUT2D eigenvalue weighted by Gasteiger charge is 2.31. The number of nitrogens with one attached hydrogen (secondary N) is 2. The first-order valence-electron chi connectivity index (χ1n) is 11.9. The molecule has 1 aliphatic rings. The lowest BCUT2D eigenvalue weighted by atomic mass is 10.1. The summed E-state index contributed by atoms with van der Waals surface area (Å²) in [6.07, 6.45) is 0.309. The molecule has 3 aromatic rings. The zero-order valence-electron chi connectivity index (χ0n) is 19.9. The summed E-state index contributed by atoms with van der Waals surface area (Å²) >= 11 is 0. The summed E-state index contributed by atoms with van der Waals surface area (Å²) in [5, 5.41) is 15.4. The van der Waals surface area contributed by atoms with Crippen LogP contribution in [0.25, 0.3) is 0 Å². The quantitative estimate of drug-likeness (QED) is 0.369. The normalized spacial score (nSPS) is 15.0. The third-order valence-corrected chi connectivity index (χ3v) is 6.28. The number of carboxylic acid groups (broad SMARTS) is 1. The van der Waals surface area contributed by atoms with Crippen molar-refractivity contribution in [1.29, 1.82) is 0 Å². The van der Waals surface area contributed by atoms with Gasteiger partial charge in [-0.1, -0.05) is 60.7 Å². The molecule has 1 aliphatic heterocycles. The van der Waals surface area contributed by atoms with Gasteiger partial charge in [0.15, 0.2) is 0 Å². The molecule has 1 atom stereocenters. The van der Waals surface area contributed by atoms with Crippen LogP contribution in [0.3, 0.4) is 0 Å². The van der Waals surface area contributed by atoms with Gasteiger partial charge in [-0.05, 0) is 40.8 Å². The number of nitrogens with two attached hydrogens (primary N) is 1. The molecule has 0 bridgehead atoms. The van der Waals surface area contributed by atoms with Crippen LogP contribution in [-0.2, 0) is 35.6 Å². The van der Waals surface area contributed by atoms with Crippen molar-refractivity contribution in [2.75, 3.05) is 11.9 Å². The highest BCUT2D eigenvalue weighted by molar-refractivity contribution is 5.96. The van der Waals surface area contributed by atoms with Gasteiger partial charge < -0.3 is 26.4 Å². The molecule has 8 nitrogen and oxygen atoms in total. The van der Waals surface area contributed by atoms with Gasteiger partial charge in [0.05, 0.1) is 6.42 Å². The minimum absolute atomic E-state index is 0.256. The fourth-order valence-corrected chi connectivity index (χ4v) is 4.23. The molecule has 3 aromatic carbocycles. The second-order valence-electron chi connectivity index (χ2n) is 8.87. The Labute approximate surface area is 210 Å². The first-order chi connectivity index (χ1) is 17.4. The van der Waals surface area contributed by atoms with Gasteiger partial charge in [0.25, 0.3) is 5.91 Å². The Morgan fingerprint density at radius 2 is 1.72 bits per heavy atom. The standard InChI is InChI=1S/C28H30N4O4/c29-16-20-6-8-21(9-7-20)17-30-27(35)22-10-11-23-18-32(13-12-19-4-2-1-3-5-19)28(36)25(15-26(33)34)31-24(23)14-22/h1-11,14,25,31H,12-13,15-18,29H2,(H,30,35)(H,33,34). The van der Waals surface area contributed by atoms with Crippen molar-refractivity contribution in [3.8, 4) is 0 Å². The van der Waals surface area contributed by atoms with E-state index in [1.165, 1.54) is 0 Å². The predicted molar refractivity (Wildman–Crippen MR) is 137 cm³/mol. The second kappa shape index (κ2) is 11.5. The zero-order valence-corrected chi connectivity index (χ0v) is 19.9.